The van der Waals surface area contributed by atoms with Crippen LogP contribution in [0.25, 0.3) is 5.70 Å². The number of carbonyl (C=O) groups excluding carboxylic acids is 1. The SMILES string of the molecule is C=N/C(=C(\C=C(/C)C(F)(F)F)NC[C@@H]1CCCO1)c1nnc(N[C@H]2N=C(c3ccccc3)c3ccccc3NC2=O)o1. The Bertz CT molecular complexity index is 1540. The van der Waals surface area contributed by atoms with Crippen LogP contribution in [0.5, 0.6) is 0 Å². The molecule has 2 aliphatic heterocycles. The number of benzodiazepines with no additional fused rings is 1. The summed E-state index contributed by atoms with van der Waals surface area (Å²) in [6.07, 6.45) is -3.37. The minimum absolute atomic E-state index is 0.0161. The maximum atomic E-state index is 13.4. The molecule has 218 valence electrons. The Morgan fingerprint density at radius 1 is 1.17 bits per heavy atom. The van der Waals surface area contributed by atoms with E-state index in [2.05, 4.69) is 42.9 Å². The summed E-state index contributed by atoms with van der Waals surface area (Å²) in [5.74, 6) is -0.688. The van der Waals surface area contributed by atoms with Gasteiger partial charge in [-0.15, -0.1) is 5.10 Å². The Morgan fingerprint density at radius 3 is 2.64 bits per heavy atom. The molecule has 42 heavy (non-hydrogen) atoms. The number of allylic oxidation sites excluding steroid dienone is 2. The summed E-state index contributed by atoms with van der Waals surface area (Å²) in [5.41, 5.74) is 1.67. The van der Waals surface area contributed by atoms with E-state index in [9.17, 15) is 18.0 Å². The van der Waals surface area contributed by atoms with Gasteiger partial charge in [0.25, 0.3) is 11.8 Å². The Morgan fingerprint density at radius 2 is 1.93 bits per heavy atom. The predicted octanol–water partition coefficient (Wildman–Crippen LogP) is 4.94. The average molecular weight is 580 g/mol. The van der Waals surface area contributed by atoms with Crippen LogP contribution in [0.1, 0.15) is 36.8 Å². The number of ether oxygens (including phenoxy) is 1. The van der Waals surface area contributed by atoms with Crippen molar-refractivity contribution in [1.29, 1.82) is 0 Å². The monoisotopic (exact) mass is 579 g/mol. The number of benzene rings is 2. The molecule has 1 fully saturated rings. The van der Waals surface area contributed by atoms with Gasteiger partial charge in [0.15, 0.2) is 0 Å². The van der Waals surface area contributed by atoms with Gasteiger partial charge in [0.1, 0.15) is 5.70 Å². The number of halogens is 3. The van der Waals surface area contributed by atoms with Crippen molar-refractivity contribution >= 4 is 35.7 Å². The van der Waals surface area contributed by atoms with Crippen molar-refractivity contribution in [2.45, 2.75) is 38.2 Å². The number of nitrogens with one attached hydrogen (secondary N) is 3. The summed E-state index contributed by atoms with van der Waals surface area (Å²) in [6.45, 7) is 5.28. The summed E-state index contributed by atoms with van der Waals surface area (Å²) in [5, 5.41) is 16.5. The highest BCUT2D eigenvalue weighted by molar-refractivity contribution is 6.19. The largest absolute Gasteiger partial charge is 0.412 e. The minimum Gasteiger partial charge on any atom is -0.402 e. The second-order valence-electron chi connectivity index (χ2n) is 9.60. The molecule has 0 unspecified atom stereocenters. The number of aromatic nitrogens is 2. The molecule has 2 aliphatic rings. The van der Waals surface area contributed by atoms with Crippen molar-refractivity contribution in [3.8, 4) is 0 Å². The molecular weight excluding hydrogens is 551 g/mol. The van der Waals surface area contributed by atoms with E-state index in [-0.39, 0.29) is 35.9 Å². The van der Waals surface area contributed by atoms with Crippen molar-refractivity contribution in [3.05, 3.63) is 89.0 Å². The van der Waals surface area contributed by atoms with Gasteiger partial charge in [-0.25, -0.2) is 4.99 Å². The Balaban J connectivity index is 1.46. The number of para-hydroxylation sites is 1. The van der Waals surface area contributed by atoms with Crippen LogP contribution in [0.3, 0.4) is 0 Å². The lowest BCUT2D eigenvalue weighted by molar-refractivity contribution is -0.116. The summed E-state index contributed by atoms with van der Waals surface area (Å²) in [6, 6.07) is 16.4. The van der Waals surface area contributed by atoms with E-state index >= 15 is 0 Å². The van der Waals surface area contributed by atoms with Gasteiger partial charge in [0.2, 0.25) is 6.17 Å². The number of amides is 1. The third-order valence-corrected chi connectivity index (χ3v) is 6.65. The topological polar surface area (TPSA) is 126 Å². The molecule has 0 saturated carbocycles. The zero-order valence-corrected chi connectivity index (χ0v) is 22.6. The van der Waals surface area contributed by atoms with Crippen LogP contribution >= 0.6 is 0 Å². The minimum atomic E-state index is -4.57. The number of fused-ring (bicyclic) bond motifs is 1. The number of hydrogen-bond acceptors (Lipinski definition) is 9. The third-order valence-electron chi connectivity index (χ3n) is 6.65. The van der Waals surface area contributed by atoms with E-state index in [0.29, 0.717) is 18.0 Å². The summed E-state index contributed by atoms with van der Waals surface area (Å²) >= 11 is 0. The van der Waals surface area contributed by atoms with Gasteiger partial charge in [0, 0.05) is 29.9 Å². The molecule has 1 aromatic heterocycles. The van der Waals surface area contributed by atoms with Crippen molar-refractivity contribution in [1.82, 2.24) is 15.5 Å². The van der Waals surface area contributed by atoms with Crippen molar-refractivity contribution in [2.75, 3.05) is 23.8 Å². The van der Waals surface area contributed by atoms with Crippen molar-refractivity contribution < 1.29 is 27.1 Å². The molecular formula is C29H28F3N7O3. The fraction of sp³-hybridized carbons (Fsp3) is 0.276. The summed E-state index contributed by atoms with van der Waals surface area (Å²) in [4.78, 5) is 21.7. The predicted molar refractivity (Wildman–Crippen MR) is 152 cm³/mol. The molecule has 3 aromatic rings. The van der Waals surface area contributed by atoms with Crippen LogP contribution < -0.4 is 16.0 Å². The van der Waals surface area contributed by atoms with Gasteiger partial charge in [0.05, 0.1) is 23.2 Å². The normalized spacial score (nSPS) is 19.7. The molecule has 0 aliphatic carbocycles. The highest BCUT2D eigenvalue weighted by Gasteiger charge is 2.31. The Labute approximate surface area is 239 Å². The van der Waals surface area contributed by atoms with Gasteiger partial charge in [-0.3, -0.25) is 9.79 Å². The highest BCUT2D eigenvalue weighted by Crippen LogP contribution is 2.29. The van der Waals surface area contributed by atoms with Crippen LogP contribution in [-0.4, -0.2) is 60.1 Å². The van der Waals surface area contributed by atoms with E-state index in [1.54, 1.807) is 12.1 Å². The molecule has 13 heteroatoms. The summed E-state index contributed by atoms with van der Waals surface area (Å²) < 4.78 is 51.5. The highest BCUT2D eigenvalue weighted by atomic mass is 19.4. The fourth-order valence-corrected chi connectivity index (χ4v) is 4.47. The number of carbonyl (C=O) groups is 1. The number of hydrogen-bond donors (Lipinski definition) is 3. The number of anilines is 2. The third kappa shape index (κ3) is 6.57. The molecule has 3 N–H and O–H groups in total. The lowest BCUT2D eigenvalue weighted by atomic mass is 10.0. The van der Waals surface area contributed by atoms with E-state index in [1.807, 2.05) is 42.5 Å². The molecule has 2 aromatic carbocycles. The molecule has 1 amide bonds. The van der Waals surface area contributed by atoms with Crippen LogP contribution in [-0.2, 0) is 9.53 Å². The lowest BCUT2D eigenvalue weighted by Crippen LogP contribution is -2.32. The molecule has 5 rings (SSSR count). The van der Waals surface area contributed by atoms with Crippen LogP contribution in [0.15, 0.2) is 86.3 Å². The first-order chi connectivity index (χ1) is 20.2. The zero-order chi connectivity index (χ0) is 29.7. The molecule has 3 heterocycles. The second-order valence-corrected chi connectivity index (χ2v) is 9.60. The van der Waals surface area contributed by atoms with E-state index in [0.717, 1.165) is 37.0 Å². The van der Waals surface area contributed by atoms with Crippen LogP contribution in [0, 0.1) is 0 Å². The first-order valence-corrected chi connectivity index (χ1v) is 13.2. The number of aliphatic imine (C=N–C) groups is 2. The first kappa shape index (κ1) is 28.7. The maximum Gasteiger partial charge on any atom is 0.412 e. The average Bonchev–Trinajstić information content (AvgIpc) is 3.64. The first-order valence-electron chi connectivity index (χ1n) is 13.2. The van der Waals surface area contributed by atoms with E-state index in [1.165, 1.54) is 0 Å². The molecule has 0 radical (unpaired) electrons. The molecule has 10 nitrogen and oxygen atoms in total. The Kier molecular flexibility index (Phi) is 8.48. The standard InChI is InChI=1S/C29H28F3N7O3/c1-17(29(30,31)32)15-22(34-16-19-11-8-14-41-19)24(33-2)27-38-39-28(42-27)37-25-26(40)35-21-13-7-6-12-20(21)23(36-25)18-9-4-3-5-10-18/h3-7,9-10,12-13,15,19,25,34H,2,8,11,14,16H2,1H3,(H,35,40)(H,37,39)/b17-15+,24-22+/t19-,25+/m0/s1. The maximum absolute atomic E-state index is 13.4. The smallest absolute Gasteiger partial charge is 0.402 e. The van der Waals surface area contributed by atoms with Gasteiger partial charge in [-0.05, 0) is 38.6 Å². The number of nitrogens with zero attached hydrogens (tertiary/aromatic N) is 4. The van der Waals surface area contributed by atoms with Crippen LogP contribution in [0.4, 0.5) is 24.9 Å². The van der Waals surface area contributed by atoms with Gasteiger partial charge in [-0.2, -0.15) is 13.2 Å². The summed E-state index contributed by atoms with van der Waals surface area (Å²) in [7, 11) is 0. The second kappa shape index (κ2) is 12.4. The van der Waals surface area contributed by atoms with Crippen LogP contribution in [0.2, 0.25) is 0 Å². The van der Waals surface area contributed by atoms with E-state index in [4.69, 9.17) is 9.15 Å². The van der Waals surface area contributed by atoms with Crippen molar-refractivity contribution in [2.24, 2.45) is 9.98 Å². The van der Waals surface area contributed by atoms with E-state index < -0.39 is 23.8 Å². The number of rotatable bonds is 9. The number of alkyl halides is 3. The fourth-order valence-electron chi connectivity index (χ4n) is 4.47. The lowest BCUT2D eigenvalue weighted by Gasteiger charge is -2.15. The quantitative estimate of drug-likeness (QED) is 0.242. The zero-order valence-electron chi connectivity index (χ0n) is 22.6. The van der Waals surface area contributed by atoms with Gasteiger partial charge < -0.3 is 25.1 Å². The molecule has 1 saturated heterocycles. The molecule has 2 atom stereocenters. The molecule has 0 bridgehead atoms. The Hall–Kier alpha value is -4.78. The van der Waals surface area contributed by atoms with Gasteiger partial charge in [-0.1, -0.05) is 53.6 Å². The van der Waals surface area contributed by atoms with Crippen molar-refractivity contribution in [3.63, 3.8) is 0 Å². The molecule has 0 spiro atoms. The van der Waals surface area contributed by atoms with Gasteiger partial charge >= 0.3 is 12.2 Å².